The van der Waals surface area contributed by atoms with Crippen LogP contribution < -0.4 is 11.1 Å². The summed E-state index contributed by atoms with van der Waals surface area (Å²) in [5.41, 5.74) is 7.00. The van der Waals surface area contributed by atoms with E-state index in [-0.39, 0.29) is 5.91 Å². The molecule has 0 aliphatic carbocycles. The normalized spacial score (nSPS) is 10.2. The number of thiophene rings is 1. The third-order valence-electron chi connectivity index (χ3n) is 2.20. The lowest BCUT2D eigenvalue weighted by molar-refractivity contribution is -0.115. The van der Waals surface area contributed by atoms with E-state index in [1.807, 2.05) is 23.6 Å². The monoisotopic (exact) mass is 310 g/mol. The van der Waals surface area contributed by atoms with Crippen LogP contribution in [-0.4, -0.2) is 5.91 Å². The molecule has 1 heterocycles. The predicted molar refractivity (Wildman–Crippen MR) is 75.2 cm³/mol. The van der Waals surface area contributed by atoms with Crippen LogP contribution in [0.15, 0.2) is 40.2 Å². The maximum atomic E-state index is 11.7. The van der Waals surface area contributed by atoms with Crippen molar-refractivity contribution in [1.82, 2.24) is 0 Å². The minimum Gasteiger partial charge on any atom is -0.397 e. The van der Waals surface area contributed by atoms with Crippen molar-refractivity contribution in [2.24, 2.45) is 0 Å². The lowest BCUT2D eigenvalue weighted by Crippen LogP contribution is -2.14. The van der Waals surface area contributed by atoms with Crippen molar-refractivity contribution in [3.63, 3.8) is 0 Å². The number of nitrogen functional groups attached to an aromatic ring is 1. The number of nitrogens with two attached hydrogens (primary N) is 1. The fraction of sp³-hybridized carbons (Fsp3) is 0.0833. The lowest BCUT2D eigenvalue weighted by atomic mass is 10.2. The molecule has 0 atom stereocenters. The first-order chi connectivity index (χ1) is 8.15. The zero-order valence-corrected chi connectivity index (χ0v) is 11.3. The van der Waals surface area contributed by atoms with Crippen LogP contribution in [0.25, 0.3) is 0 Å². The van der Waals surface area contributed by atoms with Gasteiger partial charge in [0, 0.05) is 9.35 Å². The van der Waals surface area contributed by atoms with E-state index in [1.54, 1.807) is 23.5 Å². The summed E-state index contributed by atoms with van der Waals surface area (Å²) >= 11 is 4.89. The van der Waals surface area contributed by atoms with Gasteiger partial charge in [-0.2, -0.15) is 0 Å². The smallest absolute Gasteiger partial charge is 0.229 e. The molecule has 17 heavy (non-hydrogen) atoms. The number of halogens is 1. The van der Waals surface area contributed by atoms with E-state index in [2.05, 4.69) is 21.2 Å². The zero-order chi connectivity index (χ0) is 12.3. The number of amides is 1. The van der Waals surface area contributed by atoms with Crippen molar-refractivity contribution in [2.45, 2.75) is 6.42 Å². The van der Waals surface area contributed by atoms with Gasteiger partial charge >= 0.3 is 0 Å². The maximum absolute atomic E-state index is 11.7. The average Bonchev–Trinajstić information content (AvgIpc) is 2.75. The average molecular weight is 311 g/mol. The third kappa shape index (κ3) is 3.31. The Morgan fingerprint density at radius 1 is 1.41 bits per heavy atom. The Labute approximate surface area is 112 Å². The van der Waals surface area contributed by atoms with E-state index >= 15 is 0 Å². The Balaban J connectivity index is 2.03. The molecule has 5 heteroatoms. The molecule has 0 saturated heterocycles. The molecule has 0 unspecified atom stereocenters. The van der Waals surface area contributed by atoms with Crippen molar-refractivity contribution < 1.29 is 4.79 Å². The predicted octanol–water partition coefficient (Wildman–Crippen LogP) is 3.27. The highest BCUT2D eigenvalue weighted by Gasteiger charge is 2.07. The van der Waals surface area contributed by atoms with Crippen molar-refractivity contribution in [1.29, 1.82) is 0 Å². The zero-order valence-electron chi connectivity index (χ0n) is 8.94. The molecule has 1 amide bonds. The molecule has 1 aromatic carbocycles. The van der Waals surface area contributed by atoms with E-state index in [0.29, 0.717) is 17.8 Å². The standard InChI is InChI=1S/C12H11BrN2OS/c13-8-3-4-11(10(14)6-8)15-12(16)7-9-2-1-5-17-9/h1-6H,7,14H2,(H,15,16). The topological polar surface area (TPSA) is 55.1 Å². The van der Waals surface area contributed by atoms with Gasteiger partial charge in [0.05, 0.1) is 17.8 Å². The number of hydrogen-bond acceptors (Lipinski definition) is 3. The van der Waals surface area contributed by atoms with Crippen LogP contribution in [0.2, 0.25) is 0 Å². The summed E-state index contributed by atoms with van der Waals surface area (Å²) in [6, 6.07) is 9.26. The summed E-state index contributed by atoms with van der Waals surface area (Å²) < 4.78 is 0.895. The second kappa shape index (κ2) is 5.33. The first kappa shape index (κ1) is 12.1. The van der Waals surface area contributed by atoms with Crippen LogP contribution in [0, 0.1) is 0 Å². The molecule has 2 rings (SSSR count). The number of carbonyl (C=O) groups is 1. The van der Waals surface area contributed by atoms with Gasteiger partial charge in [0.2, 0.25) is 5.91 Å². The highest BCUT2D eigenvalue weighted by Crippen LogP contribution is 2.23. The molecule has 0 saturated carbocycles. The number of hydrogen-bond donors (Lipinski definition) is 2. The van der Waals surface area contributed by atoms with Gasteiger partial charge in [0.15, 0.2) is 0 Å². The van der Waals surface area contributed by atoms with Crippen molar-refractivity contribution in [3.05, 3.63) is 45.1 Å². The summed E-state index contributed by atoms with van der Waals surface area (Å²) in [5, 5.41) is 4.75. The minimum atomic E-state index is -0.0542. The van der Waals surface area contributed by atoms with Crippen LogP contribution in [0.4, 0.5) is 11.4 Å². The summed E-state index contributed by atoms with van der Waals surface area (Å²) in [7, 11) is 0. The van der Waals surface area contributed by atoms with Crippen molar-refractivity contribution >= 4 is 44.5 Å². The third-order valence-corrected chi connectivity index (χ3v) is 3.57. The largest absolute Gasteiger partial charge is 0.397 e. The number of benzene rings is 1. The van der Waals surface area contributed by atoms with E-state index < -0.39 is 0 Å². The summed E-state index contributed by atoms with van der Waals surface area (Å²) in [6.07, 6.45) is 0.382. The lowest BCUT2D eigenvalue weighted by Gasteiger charge is -2.07. The van der Waals surface area contributed by atoms with Gasteiger partial charge in [-0.15, -0.1) is 11.3 Å². The van der Waals surface area contributed by atoms with E-state index in [1.165, 1.54) is 0 Å². The molecule has 0 bridgehead atoms. The van der Waals surface area contributed by atoms with Crippen molar-refractivity contribution in [2.75, 3.05) is 11.1 Å². The number of carbonyl (C=O) groups excluding carboxylic acids is 1. The molecule has 0 fully saturated rings. The van der Waals surface area contributed by atoms with Gasteiger partial charge in [-0.05, 0) is 29.6 Å². The quantitative estimate of drug-likeness (QED) is 0.855. The Morgan fingerprint density at radius 2 is 2.24 bits per heavy atom. The SMILES string of the molecule is Nc1cc(Br)ccc1NC(=O)Cc1cccs1. The summed E-state index contributed by atoms with van der Waals surface area (Å²) in [4.78, 5) is 12.8. The Kier molecular flexibility index (Phi) is 3.81. The molecule has 2 aromatic rings. The Morgan fingerprint density at radius 3 is 2.88 bits per heavy atom. The number of rotatable bonds is 3. The molecule has 0 spiro atoms. The van der Waals surface area contributed by atoms with E-state index in [4.69, 9.17) is 5.73 Å². The van der Waals surface area contributed by atoms with Gasteiger partial charge in [-0.25, -0.2) is 0 Å². The highest BCUT2D eigenvalue weighted by molar-refractivity contribution is 9.10. The number of nitrogens with one attached hydrogen (secondary N) is 1. The van der Waals surface area contributed by atoms with Gasteiger partial charge < -0.3 is 11.1 Å². The molecule has 0 radical (unpaired) electrons. The van der Waals surface area contributed by atoms with Crippen LogP contribution in [0.1, 0.15) is 4.88 Å². The molecular weight excluding hydrogens is 300 g/mol. The Hall–Kier alpha value is -1.33. The molecule has 3 nitrogen and oxygen atoms in total. The molecule has 3 N–H and O–H groups in total. The van der Waals surface area contributed by atoms with Crippen molar-refractivity contribution in [3.8, 4) is 0 Å². The fourth-order valence-electron chi connectivity index (χ4n) is 1.41. The fourth-order valence-corrected chi connectivity index (χ4v) is 2.50. The maximum Gasteiger partial charge on any atom is 0.229 e. The second-order valence-corrected chi connectivity index (χ2v) is 5.48. The minimum absolute atomic E-state index is 0.0542. The molecule has 88 valence electrons. The van der Waals surface area contributed by atoms with E-state index in [9.17, 15) is 4.79 Å². The molecule has 0 aliphatic rings. The first-order valence-corrected chi connectivity index (χ1v) is 6.69. The summed E-state index contributed by atoms with van der Waals surface area (Å²) in [6.45, 7) is 0. The number of anilines is 2. The van der Waals surface area contributed by atoms with Gasteiger partial charge in [-0.1, -0.05) is 22.0 Å². The van der Waals surface area contributed by atoms with Crippen LogP contribution in [0.3, 0.4) is 0 Å². The van der Waals surface area contributed by atoms with Crippen LogP contribution in [-0.2, 0) is 11.2 Å². The molecular formula is C12H11BrN2OS. The summed E-state index contributed by atoms with van der Waals surface area (Å²) in [5.74, 6) is -0.0542. The van der Waals surface area contributed by atoms with E-state index in [0.717, 1.165) is 9.35 Å². The van der Waals surface area contributed by atoms with Crippen LogP contribution in [0.5, 0.6) is 0 Å². The second-order valence-electron chi connectivity index (χ2n) is 3.54. The van der Waals surface area contributed by atoms with Gasteiger partial charge in [0.1, 0.15) is 0 Å². The Bertz CT molecular complexity index is 525. The molecule has 0 aliphatic heterocycles. The van der Waals surface area contributed by atoms with Crippen LogP contribution >= 0.6 is 27.3 Å². The molecule has 1 aromatic heterocycles. The van der Waals surface area contributed by atoms with Gasteiger partial charge in [-0.3, -0.25) is 4.79 Å². The first-order valence-electron chi connectivity index (χ1n) is 5.02. The van der Waals surface area contributed by atoms with Gasteiger partial charge in [0.25, 0.3) is 0 Å². The highest BCUT2D eigenvalue weighted by atomic mass is 79.9.